The summed E-state index contributed by atoms with van der Waals surface area (Å²) in [6.45, 7) is 18.6. The van der Waals surface area contributed by atoms with Crippen molar-refractivity contribution in [2.24, 2.45) is 15.0 Å². The van der Waals surface area contributed by atoms with E-state index in [0.717, 1.165) is 50.1 Å². The van der Waals surface area contributed by atoms with Crippen molar-refractivity contribution in [3.8, 4) is 88.3 Å². The first-order valence-corrected chi connectivity index (χ1v) is 32.4. The summed E-state index contributed by atoms with van der Waals surface area (Å²) in [5, 5.41) is 71.6. The number of nitrogens with zero attached hydrogens (tertiary/aromatic N) is 3. The lowest BCUT2D eigenvalue weighted by molar-refractivity contribution is 0.238. The van der Waals surface area contributed by atoms with Gasteiger partial charge < -0.3 is 30.6 Å². The third kappa shape index (κ3) is 18.7. The van der Waals surface area contributed by atoms with Crippen molar-refractivity contribution in [2.45, 2.75) is 96.9 Å². The standard InChI is InChI=1S/C90H75N3O6/c1-88(2,3)73-46-49-79(70(55-73)43-52-82(94)67-37-31-64(32-38-67)28-25-61-19-13-10-14-20-61)91-58-76-85(97)77(59-92-80-50-47-74(89(4,5)6)56-71(80)44-53-83(95)68-39-33-65(34-40-68)29-26-62-21-15-11-16-22-62)87(99)78(86(76)98)60-93-81-51-48-75(90(7,8)9)57-72(81)45-54-84(96)69-41-35-66(36-42-69)30-27-63-23-17-12-18-24-63/h10-24,31-42,46-51,55-60,82-84,94-99H,1-9H3/t82-,83-,84-/m1/s1. The second-order valence-electron chi connectivity index (χ2n) is 26.7. The van der Waals surface area contributed by atoms with Crippen molar-refractivity contribution in [2.75, 3.05) is 0 Å². The number of hydrogen-bond donors (Lipinski definition) is 6. The third-order valence-electron chi connectivity index (χ3n) is 16.2. The van der Waals surface area contributed by atoms with Crippen LogP contribution in [0.4, 0.5) is 17.1 Å². The van der Waals surface area contributed by atoms with Crippen LogP contribution < -0.4 is 0 Å². The van der Waals surface area contributed by atoms with Gasteiger partial charge in [-0.05, 0) is 159 Å². The van der Waals surface area contributed by atoms with E-state index in [9.17, 15) is 30.6 Å². The molecular weight excluding hydrogens is 1220 g/mol. The molecule has 0 saturated carbocycles. The Kier molecular flexibility index (Phi) is 21.9. The summed E-state index contributed by atoms with van der Waals surface area (Å²) in [5.74, 6) is 35.7. The number of aliphatic hydroxyl groups is 3. The molecule has 0 aliphatic carbocycles. The zero-order valence-corrected chi connectivity index (χ0v) is 56.8. The summed E-state index contributed by atoms with van der Waals surface area (Å²) in [6.07, 6.45) is 0.289. The van der Waals surface area contributed by atoms with Crippen LogP contribution in [0.5, 0.6) is 17.2 Å². The molecule has 9 heteroatoms. The summed E-state index contributed by atoms with van der Waals surface area (Å²) < 4.78 is 0. The zero-order chi connectivity index (χ0) is 70.3. The summed E-state index contributed by atoms with van der Waals surface area (Å²) in [5.41, 5.74) is 10.4. The lowest BCUT2D eigenvalue weighted by Crippen LogP contribution is -2.11. The molecule has 0 fully saturated rings. The highest BCUT2D eigenvalue weighted by Gasteiger charge is 2.24. The van der Waals surface area contributed by atoms with Gasteiger partial charge in [-0.3, -0.25) is 15.0 Å². The second-order valence-corrected chi connectivity index (χ2v) is 26.7. The molecule has 9 nitrogen and oxygen atoms in total. The van der Waals surface area contributed by atoms with Gasteiger partial charge in [0, 0.05) is 52.0 Å². The van der Waals surface area contributed by atoms with E-state index in [1.165, 1.54) is 18.6 Å². The molecule has 0 heterocycles. The molecule has 0 aromatic heterocycles. The molecule has 0 unspecified atom stereocenters. The molecule has 0 amide bonds. The summed E-state index contributed by atoms with van der Waals surface area (Å²) >= 11 is 0. The van der Waals surface area contributed by atoms with Crippen LogP contribution in [-0.4, -0.2) is 49.3 Å². The Morgan fingerprint density at radius 1 is 0.283 bits per heavy atom. The molecule has 486 valence electrons. The Morgan fingerprint density at radius 3 is 0.727 bits per heavy atom. The van der Waals surface area contributed by atoms with Gasteiger partial charge in [-0.15, -0.1) is 0 Å². The first-order valence-electron chi connectivity index (χ1n) is 32.4. The van der Waals surface area contributed by atoms with Crippen LogP contribution in [0.2, 0.25) is 0 Å². The van der Waals surface area contributed by atoms with Crippen LogP contribution in [0.3, 0.4) is 0 Å². The van der Waals surface area contributed by atoms with Gasteiger partial charge in [-0.1, -0.05) is 243 Å². The summed E-state index contributed by atoms with van der Waals surface area (Å²) in [6, 6.07) is 67.6. The fraction of sp³-hybridized carbons (Fsp3) is 0.167. The molecule has 6 N–H and O–H groups in total. The Bertz CT molecular complexity index is 4560. The van der Waals surface area contributed by atoms with E-state index in [2.05, 4.69) is 133 Å². The topological polar surface area (TPSA) is 158 Å². The number of hydrogen-bond acceptors (Lipinski definition) is 9. The Balaban J connectivity index is 1.04. The van der Waals surface area contributed by atoms with Gasteiger partial charge in [-0.25, -0.2) is 0 Å². The first kappa shape index (κ1) is 69.7. The number of phenolic OH excluding ortho intramolecular Hbond substituents is 3. The number of aliphatic imine (C=N–C) groups is 3. The molecule has 0 saturated heterocycles. The lowest BCUT2D eigenvalue weighted by Gasteiger charge is -2.20. The molecule has 10 aromatic rings. The van der Waals surface area contributed by atoms with Crippen LogP contribution in [0.25, 0.3) is 0 Å². The molecule has 10 aromatic carbocycles. The third-order valence-corrected chi connectivity index (χ3v) is 16.2. The molecule has 0 spiro atoms. The van der Waals surface area contributed by atoms with E-state index in [0.29, 0.717) is 50.4 Å². The quantitative estimate of drug-likeness (QED) is 0.0624. The predicted molar refractivity (Wildman–Crippen MR) is 401 cm³/mol. The van der Waals surface area contributed by atoms with E-state index < -0.39 is 35.6 Å². The maximum absolute atomic E-state index is 12.4. The van der Waals surface area contributed by atoms with Crippen molar-refractivity contribution < 1.29 is 30.6 Å². The van der Waals surface area contributed by atoms with Crippen LogP contribution in [0.1, 0.15) is 181 Å². The smallest absolute Gasteiger partial charge is 0.140 e. The van der Waals surface area contributed by atoms with Gasteiger partial charge in [0.05, 0.1) is 50.4 Å². The fourth-order valence-corrected chi connectivity index (χ4v) is 10.1. The van der Waals surface area contributed by atoms with Crippen molar-refractivity contribution >= 4 is 35.7 Å². The summed E-state index contributed by atoms with van der Waals surface area (Å²) in [7, 11) is 0. The minimum atomic E-state index is -1.18. The largest absolute Gasteiger partial charge is 0.506 e. The predicted octanol–water partition coefficient (Wildman–Crippen LogP) is 17.4. The second kappa shape index (κ2) is 31.2. The molecule has 99 heavy (non-hydrogen) atoms. The van der Waals surface area contributed by atoms with E-state index in [4.69, 9.17) is 15.0 Å². The normalized spacial score (nSPS) is 12.2. The summed E-state index contributed by atoms with van der Waals surface area (Å²) in [4.78, 5) is 14.5. The zero-order valence-electron chi connectivity index (χ0n) is 56.8. The first-order chi connectivity index (χ1) is 47.4. The van der Waals surface area contributed by atoms with Gasteiger partial charge in [0.1, 0.15) is 35.6 Å². The van der Waals surface area contributed by atoms with E-state index >= 15 is 0 Å². The van der Waals surface area contributed by atoms with Gasteiger partial charge in [0.2, 0.25) is 0 Å². The van der Waals surface area contributed by atoms with E-state index in [1.54, 1.807) is 54.6 Å². The highest BCUT2D eigenvalue weighted by molar-refractivity contribution is 6.05. The molecule has 0 aliphatic rings. The van der Waals surface area contributed by atoms with Gasteiger partial charge >= 0.3 is 0 Å². The van der Waals surface area contributed by atoms with Crippen LogP contribution in [0.15, 0.2) is 233 Å². The van der Waals surface area contributed by atoms with Crippen LogP contribution in [0, 0.1) is 71.0 Å². The maximum atomic E-state index is 12.4. The van der Waals surface area contributed by atoms with Crippen LogP contribution in [-0.2, 0) is 16.2 Å². The Morgan fingerprint density at radius 2 is 0.505 bits per heavy atom. The van der Waals surface area contributed by atoms with Crippen molar-refractivity contribution in [3.63, 3.8) is 0 Å². The number of aromatic hydroxyl groups is 3. The van der Waals surface area contributed by atoms with Crippen molar-refractivity contribution in [3.05, 3.63) is 319 Å². The highest BCUT2D eigenvalue weighted by Crippen LogP contribution is 2.42. The number of phenols is 3. The van der Waals surface area contributed by atoms with Gasteiger partial charge in [-0.2, -0.15) is 0 Å². The number of aliphatic hydroxyl groups excluding tert-OH is 3. The SMILES string of the molecule is CC(C)(C)c1ccc(N=Cc2c(O)c(C=Nc3ccc(C(C)(C)C)cc3C#C[C@@H](O)c3ccc(C#Cc4ccccc4)cc3)c(O)c(C=Nc3ccc(C(C)(C)C)cc3C#C[C@@H](O)c3ccc(C#Cc4ccccc4)cc3)c2O)c(C#C[C@@H](O)c2ccc(C#Cc3ccccc3)cc2)c1. The molecule has 0 aliphatic heterocycles. The Labute approximate surface area is 581 Å². The van der Waals surface area contributed by atoms with Gasteiger partial charge in [0.15, 0.2) is 0 Å². The fourth-order valence-electron chi connectivity index (χ4n) is 10.1. The maximum Gasteiger partial charge on any atom is 0.140 e. The highest BCUT2D eigenvalue weighted by atomic mass is 16.3. The average Bonchev–Trinajstić information content (AvgIpc) is 0.784. The molecule has 0 radical (unpaired) electrons. The van der Waals surface area contributed by atoms with E-state index in [1.807, 2.05) is 164 Å². The van der Waals surface area contributed by atoms with Crippen molar-refractivity contribution in [1.29, 1.82) is 0 Å². The number of benzene rings is 10. The Hall–Kier alpha value is -12.2. The average molecular weight is 1290 g/mol. The van der Waals surface area contributed by atoms with Gasteiger partial charge in [0.25, 0.3) is 0 Å². The molecule has 10 rings (SSSR count). The number of rotatable bonds is 9. The monoisotopic (exact) mass is 1290 g/mol. The molecule has 0 bridgehead atoms. The van der Waals surface area contributed by atoms with Crippen molar-refractivity contribution in [1.82, 2.24) is 0 Å². The molecule has 3 atom stereocenters. The minimum Gasteiger partial charge on any atom is -0.506 e. The molecular formula is C90H75N3O6. The van der Waals surface area contributed by atoms with Crippen LogP contribution >= 0.6 is 0 Å². The van der Waals surface area contributed by atoms with E-state index in [-0.39, 0.29) is 32.9 Å². The minimum absolute atomic E-state index is 0.198. The lowest BCUT2D eigenvalue weighted by atomic mass is 9.86.